The number of benzene rings is 9. The van der Waals surface area contributed by atoms with E-state index in [0.29, 0.717) is 126 Å². The van der Waals surface area contributed by atoms with Crippen LogP contribution in [-0.2, 0) is 61.2 Å². The SMILES string of the molecule is CCCO/N=C1/C(=C2/C(=O)Nc3cc(Cl)c(Cl)cc32)Cc2ccccc21.CO/N=C1/C(=C2/C(=O)Nc3cc(Cl)c(Cl)cc32)Cc2ccccc21.COc1ccc2[nH]c(O)c(C3=C(N=O)c4ccccc4C3)c2c1.O=C1Nc2cc(Cl)ccc2/C1=C1/Cc2ccccc2/C1=N\OCc1ccccc1. The van der Waals surface area contributed by atoms with Crippen LogP contribution in [0.15, 0.2) is 225 Å². The fourth-order valence-corrected chi connectivity index (χ4v) is 14.4. The van der Waals surface area contributed by atoms with Crippen molar-refractivity contribution in [2.24, 2.45) is 20.6 Å². The van der Waals surface area contributed by atoms with E-state index in [4.69, 9.17) is 77.3 Å². The molecule has 0 saturated heterocycles. The Morgan fingerprint density at radius 3 is 1.42 bits per heavy atom. The van der Waals surface area contributed by atoms with Crippen LogP contribution < -0.4 is 20.7 Å². The summed E-state index contributed by atoms with van der Waals surface area (Å²) in [4.78, 5) is 68.7. The van der Waals surface area contributed by atoms with Gasteiger partial charge in [-0.15, -0.1) is 4.91 Å². The van der Waals surface area contributed by atoms with Gasteiger partial charge >= 0.3 is 0 Å². The number of H-pyrrole nitrogens is 1. The molecule has 9 aromatic carbocycles. The number of ether oxygens (including phenoxy) is 1. The molecule has 0 atom stereocenters. The third-order valence-corrected chi connectivity index (χ3v) is 19.9. The molecule has 10 aromatic rings. The number of aromatic hydroxyl groups is 1. The van der Waals surface area contributed by atoms with E-state index in [1.54, 1.807) is 43.5 Å². The van der Waals surface area contributed by atoms with Gasteiger partial charge in [-0.2, -0.15) is 0 Å². The Morgan fingerprint density at radius 1 is 0.461 bits per heavy atom. The molecular weight excluding hydrogens is 1390 g/mol. The zero-order valence-corrected chi connectivity index (χ0v) is 58.5. The average Bonchev–Trinajstić information content (AvgIpc) is 1.62. The van der Waals surface area contributed by atoms with E-state index < -0.39 is 0 Å². The lowest BCUT2D eigenvalue weighted by Crippen LogP contribution is -2.10. The highest BCUT2D eigenvalue weighted by atomic mass is 35.5. The molecule has 3 aliphatic heterocycles. The van der Waals surface area contributed by atoms with Crippen LogP contribution in [0.1, 0.15) is 85.7 Å². The van der Waals surface area contributed by atoms with E-state index >= 15 is 0 Å². The third kappa shape index (κ3) is 13.1. The molecular formula is C80H59Cl5N8O9. The van der Waals surface area contributed by atoms with Crippen molar-refractivity contribution < 1.29 is 38.7 Å². The molecule has 102 heavy (non-hydrogen) atoms. The van der Waals surface area contributed by atoms with E-state index in [-0.39, 0.29) is 23.6 Å². The van der Waals surface area contributed by atoms with Crippen molar-refractivity contribution in [3.8, 4) is 11.6 Å². The van der Waals surface area contributed by atoms with Crippen LogP contribution in [0.5, 0.6) is 11.6 Å². The maximum atomic E-state index is 12.8. The van der Waals surface area contributed by atoms with Crippen LogP contribution >= 0.6 is 58.0 Å². The molecule has 4 heterocycles. The normalized spacial score (nSPS) is 18.0. The molecule has 0 spiro atoms. The second-order valence-electron chi connectivity index (χ2n) is 24.3. The van der Waals surface area contributed by atoms with Crippen molar-refractivity contribution in [1.29, 1.82) is 0 Å². The molecule has 3 amide bonds. The number of hydrogen-bond donors (Lipinski definition) is 5. The average molecular weight is 1450 g/mol. The minimum atomic E-state index is -0.185. The van der Waals surface area contributed by atoms with Crippen LogP contribution in [0.25, 0.3) is 38.9 Å². The van der Waals surface area contributed by atoms with E-state index in [0.717, 1.165) is 112 Å². The summed E-state index contributed by atoms with van der Waals surface area (Å²) in [6.45, 7) is 2.92. The highest BCUT2D eigenvalue weighted by molar-refractivity contribution is 6.46. The number of rotatable bonds is 10. The highest BCUT2D eigenvalue weighted by Crippen LogP contribution is 2.48. The summed E-state index contributed by atoms with van der Waals surface area (Å²) in [6, 6.07) is 59.2. The number of carbonyl (C=O) groups is 3. The molecule has 0 unspecified atom stereocenters. The summed E-state index contributed by atoms with van der Waals surface area (Å²) < 4.78 is 5.27. The Hall–Kier alpha value is -11.1. The smallest absolute Gasteiger partial charge is 0.256 e. The first kappa shape index (κ1) is 68.1. The monoisotopic (exact) mass is 1450 g/mol. The maximum Gasteiger partial charge on any atom is 0.256 e. The van der Waals surface area contributed by atoms with Crippen LogP contribution in [-0.4, -0.2) is 65.8 Å². The Morgan fingerprint density at radius 2 is 0.912 bits per heavy atom. The number of allylic oxidation sites excluding steroid dienone is 4. The van der Waals surface area contributed by atoms with Crippen molar-refractivity contribution in [3.63, 3.8) is 0 Å². The van der Waals surface area contributed by atoms with Crippen molar-refractivity contribution in [2.45, 2.75) is 45.6 Å². The number of aromatic amines is 1. The molecule has 5 N–H and O–H groups in total. The van der Waals surface area contributed by atoms with Crippen LogP contribution in [0.4, 0.5) is 17.1 Å². The van der Waals surface area contributed by atoms with E-state index in [1.807, 2.05) is 153 Å². The van der Waals surface area contributed by atoms with E-state index in [2.05, 4.69) is 47.6 Å². The number of amides is 3. The Balaban J connectivity index is 0.000000116. The summed E-state index contributed by atoms with van der Waals surface area (Å²) in [5.74, 6) is 0.229. The first-order valence-electron chi connectivity index (χ1n) is 32.4. The van der Waals surface area contributed by atoms with Crippen LogP contribution in [0.2, 0.25) is 25.1 Å². The van der Waals surface area contributed by atoms with Crippen LogP contribution in [0, 0.1) is 4.91 Å². The molecule has 0 bridgehead atoms. The van der Waals surface area contributed by atoms with Gasteiger partial charge in [0.1, 0.15) is 48.9 Å². The van der Waals surface area contributed by atoms with Gasteiger partial charge < -0.3 is 45.3 Å². The molecule has 17 rings (SSSR count). The topological polar surface area (TPSA) is 227 Å². The molecule has 22 heteroatoms. The zero-order chi connectivity index (χ0) is 70.9. The van der Waals surface area contributed by atoms with E-state index in [9.17, 15) is 24.4 Å². The predicted octanol–water partition coefficient (Wildman–Crippen LogP) is 18.7. The van der Waals surface area contributed by atoms with E-state index in [1.165, 1.54) is 7.11 Å². The standard InChI is InChI=1S/C24H17ClN2O2.C20H16Cl2N2O2.C18H12Cl2N2O2.C18H14N2O3/c25-17-10-11-19-21(13-17)26-24(28)22(19)20-12-16-8-4-5-9-18(16)23(20)27-29-14-15-6-2-1-3-7-15;1-2-7-26-24-19-12-6-4-3-5-11(12)8-14(19)18-13-9-15(21)16(22)10-17(13)23-20(18)25;1-24-22-17-10-5-3-2-4-9(10)6-12(17)16-11-7-13(19)14(20)8-15(11)21-18(16)23;1-23-11-6-7-15-13(9-11)16(18(21)19-15)14-8-10-4-2-3-5-12(10)17(14)20-22/h1-11,13H,12,14H2,(H,26,28);3-6,9-10H,2,7-8H2,1H3,(H,23,25);2-5,7-8H,6H2,1H3,(H,21,23);2-7,9,19,21H,8H2,1H3/b22-20+,27-23+;18-14+,24-19+;16-12+,22-17+;. The van der Waals surface area contributed by atoms with Gasteiger partial charge in [0.2, 0.25) is 0 Å². The number of anilines is 3. The van der Waals surface area contributed by atoms with Gasteiger partial charge in [0.25, 0.3) is 17.7 Å². The highest BCUT2D eigenvalue weighted by Gasteiger charge is 2.38. The summed E-state index contributed by atoms with van der Waals surface area (Å²) in [5.41, 5.74) is 22.5. The number of methoxy groups -OCH3 is 1. The number of oxime groups is 3. The quantitative estimate of drug-likeness (QED) is 0.0379. The summed E-state index contributed by atoms with van der Waals surface area (Å²) in [7, 11) is 3.09. The molecule has 0 radical (unpaired) electrons. The Labute approximate surface area is 610 Å². The number of carbonyl (C=O) groups excluding carboxylic acids is 3. The van der Waals surface area contributed by atoms with Gasteiger partial charge in [-0.1, -0.05) is 214 Å². The lowest BCUT2D eigenvalue weighted by Gasteiger charge is -2.07. The van der Waals surface area contributed by atoms with Crippen molar-refractivity contribution in [3.05, 3.63) is 307 Å². The molecule has 1 aromatic heterocycles. The maximum absolute atomic E-state index is 12.8. The van der Waals surface area contributed by atoms with Gasteiger partial charge in [0, 0.05) is 86.1 Å². The number of aromatic nitrogens is 1. The minimum Gasteiger partial charge on any atom is -0.497 e. The number of nitrogens with zero attached hydrogens (tertiary/aromatic N) is 4. The van der Waals surface area contributed by atoms with Gasteiger partial charge in [-0.05, 0) is 116 Å². The van der Waals surface area contributed by atoms with Crippen LogP contribution in [0.3, 0.4) is 0 Å². The summed E-state index contributed by atoms with van der Waals surface area (Å²) in [5, 5.41) is 38.2. The second kappa shape index (κ2) is 29.3. The Kier molecular flexibility index (Phi) is 19.5. The van der Waals surface area contributed by atoms with Crippen molar-refractivity contribution in [1.82, 2.24) is 4.98 Å². The fourth-order valence-electron chi connectivity index (χ4n) is 13.6. The lowest BCUT2D eigenvalue weighted by atomic mass is 9.98. The molecule has 508 valence electrons. The van der Waals surface area contributed by atoms with Gasteiger partial charge in [-0.3, -0.25) is 14.4 Å². The predicted molar refractivity (Wildman–Crippen MR) is 405 cm³/mol. The fraction of sp³-hybridized carbons (Fsp3) is 0.125. The minimum absolute atomic E-state index is 0.0391. The molecule has 0 fully saturated rings. The lowest BCUT2D eigenvalue weighted by molar-refractivity contribution is -0.111. The molecule has 17 nitrogen and oxygen atoms in total. The number of fused-ring (bicyclic) bond motifs is 8. The van der Waals surface area contributed by atoms with Crippen molar-refractivity contribution in [2.75, 3.05) is 36.8 Å². The van der Waals surface area contributed by atoms with Crippen molar-refractivity contribution >= 4 is 149 Å². The largest absolute Gasteiger partial charge is 0.497 e. The molecule has 0 saturated carbocycles. The van der Waals surface area contributed by atoms with Gasteiger partial charge in [0.05, 0.1) is 61.0 Å². The molecule has 4 aliphatic carbocycles. The summed E-state index contributed by atoms with van der Waals surface area (Å²) in [6.07, 6.45) is 3.29. The number of halogens is 5. The number of hydrogen-bond acceptors (Lipinski definition) is 13. The first-order chi connectivity index (χ1) is 49.6. The van der Waals surface area contributed by atoms with Gasteiger partial charge in [-0.25, -0.2) is 0 Å². The Bertz CT molecular complexity index is 5400. The summed E-state index contributed by atoms with van der Waals surface area (Å²) >= 11 is 30.6. The van der Waals surface area contributed by atoms with Gasteiger partial charge in [0.15, 0.2) is 5.88 Å². The second-order valence-corrected chi connectivity index (χ2v) is 26.4. The molecule has 7 aliphatic rings. The number of nitrogens with one attached hydrogen (secondary N) is 4. The third-order valence-electron chi connectivity index (χ3n) is 18.2. The zero-order valence-electron chi connectivity index (χ0n) is 54.7. The first-order valence-corrected chi connectivity index (χ1v) is 34.3. The number of nitroso groups, excluding NO2 is 1.